The lowest BCUT2D eigenvalue weighted by Crippen LogP contribution is -2.21. The number of fused-ring (bicyclic) bond motifs is 2. The maximum absolute atomic E-state index is 14.9. The highest BCUT2D eigenvalue weighted by Gasteiger charge is 2.11. The van der Waals surface area contributed by atoms with E-state index < -0.39 is 0 Å². The van der Waals surface area contributed by atoms with Crippen LogP contribution in [-0.4, -0.2) is 19.7 Å². The van der Waals surface area contributed by atoms with Gasteiger partial charge in [-0.05, 0) is 42.3 Å². The van der Waals surface area contributed by atoms with Crippen LogP contribution in [0.5, 0.6) is 0 Å². The van der Waals surface area contributed by atoms with Crippen molar-refractivity contribution in [2.45, 2.75) is 13.5 Å². The van der Waals surface area contributed by atoms with Gasteiger partial charge in [-0.1, -0.05) is 36.4 Å². The van der Waals surface area contributed by atoms with E-state index in [-0.39, 0.29) is 17.9 Å². The molecule has 0 radical (unpaired) electrons. The van der Waals surface area contributed by atoms with Crippen LogP contribution < -0.4 is 5.56 Å². The number of rotatable bonds is 3. The van der Waals surface area contributed by atoms with Crippen molar-refractivity contribution in [1.82, 2.24) is 19.7 Å². The van der Waals surface area contributed by atoms with Crippen molar-refractivity contribution in [3.8, 4) is 11.1 Å². The van der Waals surface area contributed by atoms with Crippen LogP contribution in [0.2, 0.25) is 0 Å². The fourth-order valence-corrected chi connectivity index (χ4v) is 3.64. The summed E-state index contributed by atoms with van der Waals surface area (Å²) in [4.78, 5) is 16.5. The van der Waals surface area contributed by atoms with Crippen molar-refractivity contribution in [3.63, 3.8) is 0 Å². The Kier molecular flexibility index (Phi) is 3.98. The molecular formula is C23H17FN4O. The fourth-order valence-electron chi connectivity index (χ4n) is 3.64. The fraction of sp³-hybridized carbons (Fsp3) is 0.0870. The molecule has 5 rings (SSSR count). The zero-order valence-corrected chi connectivity index (χ0v) is 15.7. The van der Waals surface area contributed by atoms with E-state index in [1.54, 1.807) is 10.6 Å². The van der Waals surface area contributed by atoms with Crippen molar-refractivity contribution in [1.29, 1.82) is 0 Å². The molecule has 1 N–H and O–H groups in total. The Labute approximate surface area is 165 Å². The first-order valence-corrected chi connectivity index (χ1v) is 9.28. The monoisotopic (exact) mass is 384 g/mol. The van der Waals surface area contributed by atoms with Crippen LogP contribution in [0.25, 0.3) is 33.1 Å². The molecule has 0 saturated carbocycles. The summed E-state index contributed by atoms with van der Waals surface area (Å²) in [7, 11) is 0. The minimum absolute atomic E-state index is 0.146. The van der Waals surface area contributed by atoms with Crippen molar-refractivity contribution in [2.75, 3.05) is 0 Å². The second-order valence-corrected chi connectivity index (χ2v) is 7.05. The van der Waals surface area contributed by atoms with Crippen LogP contribution in [0.1, 0.15) is 11.3 Å². The van der Waals surface area contributed by atoms with Gasteiger partial charge >= 0.3 is 0 Å². The topological polar surface area (TPSA) is 63.6 Å². The standard InChI is InChI=1S/C23H17FN4O/c1-14-18-9-8-16(11-21(18)27-26-14)15-6-7-17(19(24)10-15)13-28-22-5-3-2-4-20(22)25-12-23(28)29/h2-12H,13H2,1H3,(H,26,27). The number of aryl methyl sites for hydroxylation is 1. The molecule has 5 nitrogen and oxygen atoms in total. The highest BCUT2D eigenvalue weighted by molar-refractivity contribution is 5.86. The number of benzene rings is 3. The first-order chi connectivity index (χ1) is 14.1. The van der Waals surface area contributed by atoms with Gasteiger partial charge in [0.25, 0.3) is 5.56 Å². The van der Waals surface area contributed by atoms with Crippen molar-refractivity contribution in [3.05, 3.63) is 94.3 Å². The molecule has 2 aromatic heterocycles. The molecule has 0 bridgehead atoms. The van der Waals surface area contributed by atoms with Crippen LogP contribution in [0.3, 0.4) is 0 Å². The number of para-hydroxylation sites is 2. The average molecular weight is 384 g/mol. The molecule has 5 aromatic rings. The van der Waals surface area contributed by atoms with Gasteiger partial charge < -0.3 is 4.57 Å². The van der Waals surface area contributed by atoms with E-state index in [0.29, 0.717) is 16.6 Å². The van der Waals surface area contributed by atoms with Crippen LogP contribution in [-0.2, 0) is 6.54 Å². The van der Waals surface area contributed by atoms with Gasteiger partial charge in [-0.25, -0.2) is 9.37 Å². The van der Waals surface area contributed by atoms with Gasteiger partial charge in [-0.15, -0.1) is 0 Å². The molecular weight excluding hydrogens is 367 g/mol. The molecule has 2 heterocycles. The zero-order valence-electron chi connectivity index (χ0n) is 15.7. The van der Waals surface area contributed by atoms with Crippen LogP contribution >= 0.6 is 0 Å². The van der Waals surface area contributed by atoms with Gasteiger partial charge in [0, 0.05) is 10.9 Å². The van der Waals surface area contributed by atoms with Crippen molar-refractivity contribution < 1.29 is 4.39 Å². The summed E-state index contributed by atoms with van der Waals surface area (Å²) in [5.41, 5.74) is 5.10. The second kappa shape index (κ2) is 6.67. The Balaban J connectivity index is 1.53. The van der Waals surface area contributed by atoms with E-state index in [0.717, 1.165) is 27.7 Å². The lowest BCUT2D eigenvalue weighted by Gasteiger charge is -2.11. The number of aromatic nitrogens is 4. The molecule has 0 spiro atoms. The van der Waals surface area contributed by atoms with E-state index in [9.17, 15) is 9.18 Å². The lowest BCUT2D eigenvalue weighted by molar-refractivity contribution is 0.599. The number of hydrogen-bond acceptors (Lipinski definition) is 3. The summed E-state index contributed by atoms with van der Waals surface area (Å²) in [6.45, 7) is 2.09. The minimum Gasteiger partial charge on any atom is -0.301 e. The normalized spacial score (nSPS) is 11.4. The Morgan fingerprint density at radius 1 is 1.03 bits per heavy atom. The highest BCUT2D eigenvalue weighted by atomic mass is 19.1. The number of H-pyrrole nitrogens is 1. The van der Waals surface area contributed by atoms with Crippen LogP contribution in [0, 0.1) is 12.7 Å². The summed E-state index contributed by atoms with van der Waals surface area (Å²) in [5, 5.41) is 8.25. The molecule has 0 aliphatic carbocycles. The Morgan fingerprint density at radius 2 is 1.83 bits per heavy atom. The average Bonchev–Trinajstić information content (AvgIpc) is 3.11. The molecule has 142 valence electrons. The number of halogens is 1. The molecule has 0 saturated heterocycles. The summed E-state index contributed by atoms with van der Waals surface area (Å²) in [6, 6.07) is 18.4. The Morgan fingerprint density at radius 3 is 2.69 bits per heavy atom. The third-order valence-corrected chi connectivity index (χ3v) is 5.22. The quantitative estimate of drug-likeness (QED) is 0.500. The van der Waals surface area contributed by atoms with Gasteiger partial charge in [-0.3, -0.25) is 9.89 Å². The molecule has 3 aromatic carbocycles. The van der Waals surface area contributed by atoms with Gasteiger partial charge in [-0.2, -0.15) is 5.10 Å². The molecule has 0 aliphatic heterocycles. The zero-order chi connectivity index (χ0) is 20.0. The summed E-state index contributed by atoms with van der Waals surface area (Å²) in [6.07, 6.45) is 1.27. The molecule has 0 unspecified atom stereocenters. The molecule has 0 aliphatic rings. The van der Waals surface area contributed by atoms with E-state index in [4.69, 9.17) is 0 Å². The number of nitrogens with one attached hydrogen (secondary N) is 1. The molecule has 29 heavy (non-hydrogen) atoms. The third kappa shape index (κ3) is 2.99. The molecule has 0 amide bonds. The maximum atomic E-state index is 14.9. The SMILES string of the molecule is Cc1n[nH]c2cc(-c3ccc(Cn4c(=O)cnc5ccccc54)c(F)c3)ccc12. The Hall–Kier alpha value is -3.80. The van der Waals surface area contributed by atoms with Gasteiger partial charge in [0.1, 0.15) is 5.82 Å². The minimum atomic E-state index is -0.351. The van der Waals surface area contributed by atoms with Gasteiger partial charge in [0.15, 0.2) is 0 Å². The smallest absolute Gasteiger partial charge is 0.269 e. The van der Waals surface area contributed by atoms with E-state index in [1.807, 2.05) is 55.5 Å². The summed E-state index contributed by atoms with van der Waals surface area (Å²) < 4.78 is 16.5. The van der Waals surface area contributed by atoms with Crippen LogP contribution in [0.15, 0.2) is 71.7 Å². The summed E-state index contributed by atoms with van der Waals surface area (Å²) >= 11 is 0. The van der Waals surface area contributed by atoms with E-state index >= 15 is 0 Å². The first-order valence-electron chi connectivity index (χ1n) is 9.28. The van der Waals surface area contributed by atoms with Crippen molar-refractivity contribution >= 4 is 21.9 Å². The highest BCUT2D eigenvalue weighted by Crippen LogP contribution is 2.26. The largest absolute Gasteiger partial charge is 0.301 e. The number of aromatic amines is 1. The molecule has 0 fully saturated rings. The number of nitrogens with zero attached hydrogens (tertiary/aromatic N) is 3. The first kappa shape index (κ1) is 17.3. The van der Waals surface area contributed by atoms with E-state index in [1.165, 1.54) is 12.3 Å². The number of hydrogen-bond donors (Lipinski definition) is 1. The Bertz CT molecular complexity index is 1430. The maximum Gasteiger partial charge on any atom is 0.269 e. The predicted molar refractivity (Wildman–Crippen MR) is 111 cm³/mol. The lowest BCUT2D eigenvalue weighted by atomic mass is 10.0. The third-order valence-electron chi connectivity index (χ3n) is 5.22. The van der Waals surface area contributed by atoms with Gasteiger partial charge in [0.05, 0.1) is 35.0 Å². The van der Waals surface area contributed by atoms with Gasteiger partial charge in [0.2, 0.25) is 0 Å². The van der Waals surface area contributed by atoms with Crippen LogP contribution in [0.4, 0.5) is 4.39 Å². The second-order valence-electron chi connectivity index (χ2n) is 7.05. The molecule has 0 atom stereocenters. The molecule has 6 heteroatoms. The summed E-state index contributed by atoms with van der Waals surface area (Å²) in [5.74, 6) is -0.351. The predicted octanol–water partition coefficient (Wildman–Crippen LogP) is 4.44. The van der Waals surface area contributed by atoms with E-state index in [2.05, 4.69) is 15.2 Å². The van der Waals surface area contributed by atoms with Crippen molar-refractivity contribution in [2.24, 2.45) is 0 Å².